The number of hydrogen-bond donors (Lipinski definition) is 2. The van der Waals surface area contributed by atoms with Crippen molar-refractivity contribution in [3.8, 4) is 0 Å². The number of benzene rings is 1. The standard InChI is InChI=1S/C17H19N3O/c1-12-8-9-20-15(10-12)19-13(2)16(20)17(21)18-11-14-6-4-3-5-7-14/h3-10,15,19H,11H2,1-2H3,(H,18,21). The summed E-state index contributed by atoms with van der Waals surface area (Å²) in [6, 6.07) is 9.92. The van der Waals surface area contributed by atoms with E-state index >= 15 is 0 Å². The molecule has 0 fully saturated rings. The third kappa shape index (κ3) is 2.70. The zero-order chi connectivity index (χ0) is 14.8. The maximum absolute atomic E-state index is 12.5. The van der Waals surface area contributed by atoms with Gasteiger partial charge in [-0.3, -0.25) is 4.79 Å². The Kier molecular flexibility index (Phi) is 3.52. The minimum atomic E-state index is -0.0519. The van der Waals surface area contributed by atoms with Crippen LogP contribution >= 0.6 is 0 Å². The number of amides is 1. The number of nitrogens with one attached hydrogen (secondary N) is 2. The van der Waals surface area contributed by atoms with Crippen molar-refractivity contribution < 1.29 is 4.79 Å². The van der Waals surface area contributed by atoms with E-state index in [1.54, 1.807) is 0 Å². The number of allylic oxidation sites excluding steroid dienone is 3. The predicted molar refractivity (Wildman–Crippen MR) is 82.6 cm³/mol. The van der Waals surface area contributed by atoms with Crippen LogP contribution in [0.25, 0.3) is 0 Å². The molecule has 21 heavy (non-hydrogen) atoms. The Hall–Kier alpha value is -2.49. The van der Waals surface area contributed by atoms with Crippen molar-refractivity contribution in [2.45, 2.75) is 26.6 Å². The summed E-state index contributed by atoms with van der Waals surface area (Å²) in [5, 5.41) is 6.31. The Morgan fingerprint density at radius 3 is 2.81 bits per heavy atom. The Morgan fingerprint density at radius 2 is 2.05 bits per heavy atom. The van der Waals surface area contributed by atoms with Gasteiger partial charge in [-0.1, -0.05) is 30.3 Å². The maximum atomic E-state index is 12.5. The third-order valence-electron chi connectivity index (χ3n) is 3.71. The molecular weight excluding hydrogens is 262 g/mol. The summed E-state index contributed by atoms with van der Waals surface area (Å²) < 4.78 is 0. The van der Waals surface area contributed by atoms with E-state index in [4.69, 9.17) is 0 Å². The van der Waals surface area contributed by atoms with E-state index in [9.17, 15) is 4.79 Å². The maximum Gasteiger partial charge on any atom is 0.270 e. The molecular formula is C17H19N3O. The van der Waals surface area contributed by atoms with Crippen molar-refractivity contribution >= 4 is 5.91 Å². The number of carbonyl (C=O) groups is 1. The second-order valence-electron chi connectivity index (χ2n) is 5.36. The van der Waals surface area contributed by atoms with Gasteiger partial charge in [-0.05, 0) is 37.1 Å². The van der Waals surface area contributed by atoms with E-state index in [1.165, 1.54) is 5.57 Å². The third-order valence-corrected chi connectivity index (χ3v) is 3.71. The monoisotopic (exact) mass is 281 g/mol. The number of carbonyl (C=O) groups excluding carboxylic acids is 1. The van der Waals surface area contributed by atoms with Crippen molar-refractivity contribution in [1.29, 1.82) is 0 Å². The van der Waals surface area contributed by atoms with E-state index in [0.29, 0.717) is 12.2 Å². The van der Waals surface area contributed by atoms with Gasteiger partial charge in [0.05, 0.1) is 0 Å². The Morgan fingerprint density at radius 1 is 1.29 bits per heavy atom. The molecule has 0 spiro atoms. The minimum Gasteiger partial charge on any atom is -0.363 e. The molecule has 2 aliphatic heterocycles. The summed E-state index contributed by atoms with van der Waals surface area (Å²) in [6.45, 7) is 4.53. The van der Waals surface area contributed by atoms with E-state index in [2.05, 4.69) is 23.6 Å². The molecule has 2 N–H and O–H groups in total. The first-order valence-corrected chi connectivity index (χ1v) is 7.09. The van der Waals surface area contributed by atoms with Gasteiger partial charge >= 0.3 is 0 Å². The number of nitrogens with zero attached hydrogens (tertiary/aromatic N) is 1. The Labute approximate surface area is 124 Å². The predicted octanol–water partition coefficient (Wildman–Crippen LogP) is 2.24. The lowest BCUT2D eigenvalue weighted by atomic mass is 10.2. The minimum absolute atomic E-state index is 0.0486. The first-order valence-electron chi connectivity index (χ1n) is 7.09. The summed E-state index contributed by atoms with van der Waals surface area (Å²) >= 11 is 0. The van der Waals surface area contributed by atoms with Crippen LogP contribution in [0.1, 0.15) is 19.4 Å². The molecule has 1 unspecified atom stereocenters. The summed E-state index contributed by atoms with van der Waals surface area (Å²) in [5.41, 5.74) is 3.89. The highest BCUT2D eigenvalue weighted by atomic mass is 16.2. The van der Waals surface area contributed by atoms with Gasteiger partial charge in [-0.15, -0.1) is 0 Å². The number of hydrogen-bond acceptors (Lipinski definition) is 3. The van der Waals surface area contributed by atoms with Crippen LogP contribution in [0.15, 0.2) is 65.7 Å². The van der Waals surface area contributed by atoms with E-state index in [1.807, 2.05) is 54.4 Å². The summed E-state index contributed by atoms with van der Waals surface area (Å²) in [7, 11) is 0. The van der Waals surface area contributed by atoms with Crippen molar-refractivity contribution in [2.24, 2.45) is 0 Å². The highest BCUT2D eigenvalue weighted by Crippen LogP contribution is 2.25. The SMILES string of the molecule is CC1=CC2NC(C)=C(C(=O)NCc3ccccc3)N2C=C1. The van der Waals surface area contributed by atoms with Gasteiger partial charge in [0.2, 0.25) is 0 Å². The van der Waals surface area contributed by atoms with Gasteiger partial charge in [0.1, 0.15) is 11.9 Å². The van der Waals surface area contributed by atoms with Crippen molar-refractivity contribution in [3.63, 3.8) is 0 Å². The zero-order valence-corrected chi connectivity index (χ0v) is 12.3. The van der Waals surface area contributed by atoms with Gasteiger partial charge < -0.3 is 15.5 Å². The van der Waals surface area contributed by atoms with Crippen LogP contribution in [0, 0.1) is 0 Å². The number of rotatable bonds is 3. The molecule has 4 nitrogen and oxygen atoms in total. The first-order chi connectivity index (χ1) is 10.1. The molecule has 0 saturated heterocycles. The molecule has 2 heterocycles. The summed E-state index contributed by atoms with van der Waals surface area (Å²) in [5.74, 6) is -0.0519. The smallest absolute Gasteiger partial charge is 0.270 e. The highest BCUT2D eigenvalue weighted by molar-refractivity contribution is 5.94. The molecule has 0 bridgehead atoms. The largest absolute Gasteiger partial charge is 0.363 e. The Balaban J connectivity index is 1.70. The molecule has 0 saturated carbocycles. The fourth-order valence-corrected chi connectivity index (χ4v) is 2.63. The molecule has 2 aliphatic rings. The van der Waals surface area contributed by atoms with Crippen LogP contribution in [0.4, 0.5) is 0 Å². The van der Waals surface area contributed by atoms with Crippen molar-refractivity contribution in [3.05, 3.63) is 71.2 Å². The van der Waals surface area contributed by atoms with Gasteiger partial charge in [0.15, 0.2) is 0 Å². The lowest BCUT2D eigenvalue weighted by Crippen LogP contribution is -2.37. The van der Waals surface area contributed by atoms with Gasteiger partial charge in [0, 0.05) is 18.4 Å². The molecule has 1 amide bonds. The molecule has 3 rings (SSSR count). The molecule has 1 aromatic rings. The molecule has 1 aromatic carbocycles. The fourth-order valence-electron chi connectivity index (χ4n) is 2.63. The van der Waals surface area contributed by atoms with Crippen molar-refractivity contribution in [1.82, 2.24) is 15.5 Å². The lowest BCUT2D eigenvalue weighted by Gasteiger charge is -2.26. The topological polar surface area (TPSA) is 44.4 Å². The zero-order valence-electron chi connectivity index (χ0n) is 12.3. The lowest BCUT2D eigenvalue weighted by molar-refractivity contribution is -0.118. The quantitative estimate of drug-likeness (QED) is 0.893. The van der Waals surface area contributed by atoms with Crippen LogP contribution < -0.4 is 10.6 Å². The van der Waals surface area contributed by atoms with Crippen LogP contribution in [0.2, 0.25) is 0 Å². The van der Waals surface area contributed by atoms with E-state index < -0.39 is 0 Å². The van der Waals surface area contributed by atoms with Gasteiger partial charge in [0.25, 0.3) is 5.91 Å². The molecule has 108 valence electrons. The van der Waals surface area contributed by atoms with E-state index in [0.717, 1.165) is 11.3 Å². The second kappa shape index (κ2) is 5.48. The summed E-state index contributed by atoms with van der Waals surface area (Å²) in [6.07, 6.45) is 6.14. The molecule has 1 atom stereocenters. The van der Waals surface area contributed by atoms with Gasteiger partial charge in [-0.25, -0.2) is 0 Å². The molecule has 0 radical (unpaired) electrons. The van der Waals surface area contributed by atoms with Crippen LogP contribution in [-0.2, 0) is 11.3 Å². The molecule has 0 aliphatic carbocycles. The average molecular weight is 281 g/mol. The molecule has 4 heteroatoms. The normalized spacial score (nSPS) is 20.0. The highest BCUT2D eigenvalue weighted by Gasteiger charge is 2.32. The Bertz CT molecular complexity index is 643. The summed E-state index contributed by atoms with van der Waals surface area (Å²) in [4.78, 5) is 14.4. The van der Waals surface area contributed by atoms with Crippen LogP contribution in [-0.4, -0.2) is 17.0 Å². The average Bonchev–Trinajstić information content (AvgIpc) is 2.81. The van der Waals surface area contributed by atoms with Gasteiger partial charge in [-0.2, -0.15) is 0 Å². The molecule has 0 aromatic heterocycles. The number of fused-ring (bicyclic) bond motifs is 1. The van der Waals surface area contributed by atoms with Crippen LogP contribution in [0.3, 0.4) is 0 Å². The van der Waals surface area contributed by atoms with Crippen LogP contribution in [0.5, 0.6) is 0 Å². The second-order valence-corrected chi connectivity index (χ2v) is 5.36. The first kappa shape index (κ1) is 13.5. The fraction of sp³-hybridized carbons (Fsp3) is 0.235. The van der Waals surface area contributed by atoms with E-state index in [-0.39, 0.29) is 12.1 Å². The van der Waals surface area contributed by atoms with Crippen molar-refractivity contribution in [2.75, 3.05) is 0 Å².